The van der Waals surface area contributed by atoms with Crippen molar-refractivity contribution in [1.82, 2.24) is 15.5 Å². The number of nitrogens with zero attached hydrogens (tertiary/aromatic N) is 1. The van der Waals surface area contributed by atoms with E-state index in [0.717, 1.165) is 45.0 Å². The largest absolute Gasteiger partial charge is 0.494 e. The molecule has 1 aromatic carbocycles. The number of rotatable bonds is 6. The number of methoxy groups -OCH3 is 1. The van der Waals surface area contributed by atoms with Crippen LogP contribution in [0.2, 0.25) is 0 Å². The lowest BCUT2D eigenvalue weighted by atomic mass is 10.1. The number of thiocarbonyl (C=S) groups is 1. The molecule has 0 saturated carbocycles. The van der Waals surface area contributed by atoms with Crippen LogP contribution in [0.15, 0.2) is 18.2 Å². The van der Waals surface area contributed by atoms with Gasteiger partial charge in [0.2, 0.25) is 0 Å². The van der Waals surface area contributed by atoms with E-state index >= 15 is 0 Å². The van der Waals surface area contributed by atoms with Gasteiger partial charge in [-0.25, -0.2) is 4.39 Å². The van der Waals surface area contributed by atoms with Crippen LogP contribution < -0.4 is 15.4 Å². The van der Waals surface area contributed by atoms with Crippen molar-refractivity contribution in [1.29, 1.82) is 0 Å². The van der Waals surface area contributed by atoms with Crippen molar-refractivity contribution in [3.63, 3.8) is 0 Å². The van der Waals surface area contributed by atoms with Gasteiger partial charge in [-0.1, -0.05) is 6.07 Å². The topological polar surface area (TPSA) is 45.8 Å². The Kier molecular flexibility index (Phi) is 7.01. The summed E-state index contributed by atoms with van der Waals surface area (Å²) in [6.07, 6.45) is 0. The summed E-state index contributed by atoms with van der Waals surface area (Å²) < 4.78 is 24.0. The second kappa shape index (κ2) is 9.00. The molecule has 1 aliphatic heterocycles. The third-order valence-electron chi connectivity index (χ3n) is 3.84. The van der Waals surface area contributed by atoms with Gasteiger partial charge in [-0.2, -0.15) is 0 Å². The first-order chi connectivity index (χ1) is 11.1. The van der Waals surface area contributed by atoms with Crippen LogP contribution in [0.1, 0.15) is 18.5 Å². The Balaban J connectivity index is 1.74. The predicted molar refractivity (Wildman–Crippen MR) is 92.4 cm³/mol. The van der Waals surface area contributed by atoms with Crippen molar-refractivity contribution in [2.45, 2.75) is 13.0 Å². The van der Waals surface area contributed by atoms with E-state index in [9.17, 15) is 4.39 Å². The molecule has 0 aromatic heterocycles. The monoisotopic (exact) mass is 341 g/mol. The standard InChI is InChI=1S/C16H24FN3O2S/c1-12(13-3-4-15(21-2)14(17)11-13)19-16(23)18-5-6-20-7-9-22-10-8-20/h3-4,11-12H,5-10H2,1-2H3,(H2,18,19,23)/t12-/m1/s1. The average Bonchev–Trinajstić information content (AvgIpc) is 2.55. The minimum absolute atomic E-state index is 0.0845. The zero-order valence-electron chi connectivity index (χ0n) is 13.6. The van der Waals surface area contributed by atoms with Crippen LogP contribution in [-0.4, -0.2) is 56.5 Å². The molecule has 0 unspecified atom stereocenters. The maximum absolute atomic E-state index is 13.7. The van der Waals surface area contributed by atoms with Crippen molar-refractivity contribution in [3.8, 4) is 5.75 Å². The molecule has 1 saturated heterocycles. The van der Waals surface area contributed by atoms with E-state index in [2.05, 4.69) is 15.5 Å². The van der Waals surface area contributed by atoms with Gasteiger partial charge >= 0.3 is 0 Å². The van der Waals surface area contributed by atoms with Gasteiger partial charge in [-0.05, 0) is 36.8 Å². The zero-order chi connectivity index (χ0) is 16.7. The van der Waals surface area contributed by atoms with E-state index in [0.29, 0.717) is 5.11 Å². The average molecular weight is 341 g/mol. The third-order valence-corrected chi connectivity index (χ3v) is 4.10. The molecule has 128 valence electrons. The van der Waals surface area contributed by atoms with E-state index < -0.39 is 0 Å². The summed E-state index contributed by atoms with van der Waals surface area (Å²) in [5.74, 6) is -0.128. The molecule has 0 aliphatic carbocycles. The molecule has 1 fully saturated rings. The van der Waals surface area contributed by atoms with Gasteiger partial charge in [-0.15, -0.1) is 0 Å². The van der Waals surface area contributed by atoms with Crippen LogP contribution in [0.4, 0.5) is 4.39 Å². The molecule has 0 radical (unpaired) electrons. The number of hydrogen-bond donors (Lipinski definition) is 2. The molecule has 2 rings (SSSR count). The molecule has 1 aliphatic rings. The molecule has 0 amide bonds. The number of halogens is 1. The first-order valence-corrected chi connectivity index (χ1v) is 8.19. The molecule has 1 aromatic rings. The SMILES string of the molecule is COc1ccc([C@@H](C)NC(=S)NCCN2CCOCC2)cc1F. The second-order valence-electron chi connectivity index (χ2n) is 5.47. The van der Waals surface area contributed by atoms with Crippen LogP contribution in [0.25, 0.3) is 0 Å². The van der Waals surface area contributed by atoms with E-state index in [1.807, 2.05) is 13.0 Å². The van der Waals surface area contributed by atoms with Crippen LogP contribution in [-0.2, 0) is 4.74 Å². The van der Waals surface area contributed by atoms with Crippen molar-refractivity contribution >= 4 is 17.3 Å². The van der Waals surface area contributed by atoms with Crippen LogP contribution in [0, 0.1) is 5.82 Å². The van der Waals surface area contributed by atoms with Crippen molar-refractivity contribution in [3.05, 3.63) is 29.6 Å². The number of benzene rings is 1. The highest BCUT2D eigenvalue weighted by Crippen LogP contribution is 2.21. The van der Waals surface area contributed by atoms with Crippen molar-refractivity contribution in [2.75, 3.05) is 46.5 Å². The van der Waals surface area contributed by atoms with Gasteiger partial charge in [-0.3, -0.25) is 4.90 Å². The quantitative estimate of drug-likeness (QED) is 0.768. The lowest BCUT2D eigenvalue weighted by Gasteiger charge is -2.27. The lowest BCUT2D eigenvalue weighted by Crippen LogP contribution is -2.44. The molecule has 1 atom stereocenters. The van der Waals surface area contributed by atoms with E-state index in [1.165, 1.54) is 13.2 Å². The zero-order valence-corrected chi connectivity index (χ0v) is 14.4. The molecule has 5 nitrogen and oxygen atoms in total. The third kappa shape index (κ3) is 5.60. The Morgan fingerprint density at radius 3 is 2.83 bits per heavy atom. The Morgan fingerprint density at radius 2 is 2.17 bits per heavy atom. The smallest absolute Gasteiger partial charge is 0.166 e. The fraction of sp³-hybridized carbons (Fsp3) is 0.562. The van der Waals surface area contributed by atoms with Crippen molar-refractivity contribution in [2.24, 2.45) is 0 Å². The molecule has 1 heterocycles. The summed E-state index contributed by atoms with van der Waals surface area (Å²) in [6.45, 7) is 7.15. The summed E-state index contributed by atoms with van der Waals surface area (Å²) in [5.41, 5.74) is 0.820. The number of ether oxygens (including phenoxy) is 2. The first-order valence-electron chi connectivity index (χ1n) is 7.78. The maximum Gasteiger partial charge on any atom is 0.166 e. The highest BCUT2D eigenvalue weighted by atomic mass is 32.1. The van der Waals surface area contributed by atoms with Gasteiger partial charge in [0.1, 0.15) is 0 Å². The van der Waals surface area contributed by atoms with Gasteiger partial charge in [0.25, 0.3) is 0 Å². The first kappa shape index (κ1) is 17.9. The predicted octanol–water partition coefficient (Wildman–Crippen LogP) is 1.69. The minimum atomic E-state index is -0.371. The summed E-state index contributed by atoms with van der Waals surface area (Å²) in [6, 6.07) is 4.83. The Hall–Kier alpha value is -1.44. The van der Waals surface area contributed by atoms with Gasteiger partial charge in [0.05, 0.1) is 26.4 Å². The van der Waals surface area contributed by atoms with E-state index in [1.54, 1.807) is 6.07 Å². The van der Waals surface area contributed by atoms with Crippen molar-refractivity contribution < 1.29 is 13.9 Å². The van der Waals surface area contributed by atoms with E-state index in [-0.39, 0.29) is 17.6 Å². The lowest BCUT2D eigenvalue weighted by molar-refractivity contribution is 0.0389. The normalized spacial score (nSPS) is 16.7. The maximum atomic E-state index is 13.7. The molecule has 23 heavy (non-hydrogen) atoms. The number of morpholine rings is 1. The summed E-state index contributed by atoms with van der Waals surface area (Å²) in [5, 5.41) is 6.93. The van der Waals surface area contributed by atoms with Crippen LogP contribution >= 0.6 is 12.2 Å². The summed E-state index contributed by atoms with van der Waals surface area (Å²) in [4.78, 5) is 2.33. The molecule has 7 heteroatoms. The number of hydrogen-bond acceptors (Lipinski definition) is 4. The van der Waals surface area contributed by atoms with E-state index in [4.69, 9.17) is 21.7 Å². The van der Waals surface area contributed by atoms with Crippen LogP contribution in [0.3, 0.4) is 0 Å². The molecule has 2 N–H and O–H groups in total. The van der Waals surface area contributed by atoms with Gasteiger partial charge < -0.3 is 20.1 Å². The number of nitrogens with one attached hydrogen (secondary N) is 2. The van der Waals surface area contributed by atoms with Gasteiger partial charge in [0, 0.05) is 26.2 Å². The van der Waals surface area contributed by atoms with Gasteiger partial charge in [0.15, 0.2) is 16.7 Å². The summed E-state index contributed by atoms with van der Waals surface area (Å²) >= 11 is 5.29. The fourth-order valence-electron chi connectivity index (χ4n) is 2.44. The Morgan fingerprint density at radius 1 is 1.43 bits per heavy atom. The fourth-order valence-corrected chi connectivity index (χ4v) is 2.71. The molecule has 0 bridgehead atoms. The Labute approximate surface area is 142 Å². The minimum Gasteiger partial charge on any atom is -0.494 e. The molecular formula is C16H24FN3O2S. The molecular weight excluding hydrogens is 317 g/mol. The highest BCUT2D eigenvalue weighted by molar-refractivity contribution is 7.80. The molecule has 0 spiro atoms. The summed E-state index contributed by atoms with van der Waals surface area (Å²) in [7, 11) is 1.45. The highest BCUT2D eigenvalue weighted by Gasteiger charge is 2.12. The Bertz CT molecular complexity index is 524. The second-order valence-corrected chi connectivity index (χ2v) is 5.88. The van der Waals surface area contributed by atoms with Crippen LogP contribution in [0.5, 0.6) is 5.75 Å².